The lowest BCUT2D eigenvalue weighted by Gasteiger charge is -2.32. The van der Waals surface area contributed by atoms with E-state index in [1.165, 1.54) is 57.8 Å². The van der Waals surface area contributed by atoms with E-state index in [4.69, 9.17) is 0 Å². The summed E-state index contributed by atoms with van der Waals surface area (Å²) in [6.45, 7) is 4.25. The Kier molecular flexibility index (Phi) is 10.4. The van der Waals surface area contributed by atoms with Gasteiger partial charge in [-0.3, -0.25) is 4.79 Å². The average molecular weight is 346 g/mol. The zero-order valence-corrected chi connectivity index (χ0v) is 14.8. The summed E-state index contributed by atoms with van der Waals surface area (Å²) in [5.74, 6) is 1.12. The fourth-order valence-electron chi connectivity index (χ4n) is 3.07. The molecule has 1 rings (SSSR count). The molecule has 0 aromatic carbocycles. The van der Waals surface area contributed by atoms with E-state index < -0.39 is 0 Å². The van der Waals surface area contributed by atoms with Crippen LogP contribution in [0.5, 0.6) is 0 Å². The van der Waals surface area contributed by atoms with Crippen molar-refractivity contribution < 1.29 is 4.79 Å². The summed E-state index contributed by atoms with van der Waals surface area (Å²) < 4.78 is 0. The number of halogens is 1. The second-order valence-corrected chi connectivity index (χ2v) is 6.99. The molecular weight excluding hydrogens is 314 g/mol. The van der Waals surface area contributed by atoms with Crippen molar-refractivity contribution in [2.45, 2.75) is 77.6 Å². The maximum absolute atomic E-state index is 12.2. The molecule has 0 aromatic heterocycles. The zero-order chi connectivity index (χ0) is 14.6. The Labute approximate surface area is 133 Å². The number of piperidine rings is 1. The zero-order valence-electron chi connectivity index (χ0n) is 13.2. The second kappa shape index (κ2) is 11.6. The van der Waals surface area contributed by atoms with E-state index in [0.717, 1.165) is 37.2 Å². The van der Waals surface area contributed by atoms with Gasteiger partial charge in [-0.05, 0) is 31.6 Å². The highest BCUT2D eigenvalue weighted by atomic mass is 79.9. The van der Waals surface area contributed by atoms with E-state index in [0.29, 0.717) is 5.91 Å². The molecule has 1 aliphatic rings. The number of unbranched alkanes of at least 4 members (excludes halogenated alkanes) is 6. The van der Waals surface area contributed by atoms with Crippen molar-refractivity contribution in [3.05, 3.63) is 0 Å². The largest absolute Gasteiger partial charge is 0.342 e. The van der Waals surface area contributed by atoms with Gasteiger partial charge < -0.3 is 4.90 Å². The molecule has 1 heterocycles. The van der Waals surface area contributed by atoms with Crippen LogP contribution in [0.4, 0.5) is 0 Å². The summed E-state index contributed by atoms with van der Waals surface area (Å²) in [5, 5.41) is 1.07. The number of hydrogen-bond donors (Lipinski definition) is 0. The fourth-order valence-corrected chi connectivity index (χ4v) is 3.72. The van der Waals surface area contributed by atoms with Gasteiger partial charge in [0.05, 0.1) is 0 Å². The van der Waals surface area contributed by atoms with Crippen molar-refractivity contribution in [2.75, 3.05) is 18.4 Å². The Balaban J connectivity index is 2.06. The highest BCUT2D eigenvalue weighted by Gasteiger charge is 2.22. The van der Waals surface area contributed by atoms with E-state index in [1.807, 2.05) is 0 Å². The summed E-state index contributed by atoms with van der Waals surface area (Å²) in [4.78, 5) is 14.3. The van der Waals surface area contributed by atoms with Crippen LogP contribution in [0.25, 0.3) is 0 Å². The fraction of sp³-hybridized carbons (Fsp3) is 0.941. The first-order valence-corrected chi connectivity index (χ1v) is 9.73. The molecule has 0 bridgehead atoms. The van der Waals surface area contributed by atoms with E-state index in [2.05, 4.69) is 27.8 Å². The minimum atomic E-state index is 0.401. The minimum absolute atomic E-state index is 0.401. The van der Waals surface area contributed by atoms with Crippen LogP contribution in [0.2, 0.25) is 0 Å². The van der Waals surface area contributed by atoms with Gasteiger partial charge in [0.25, 0.3) is 0 Å². The van der Waals surface area contributed by atoms with Gasteiger partial charge in [0.2, 0.25) is 5.91 Å². The maximum Gasteiger partial charge on any atom is 0.222 e. The molecule has 1 fully saturated rings. The monoisotopic (exact) mass is 345 g/mol. The van der Waals surface area contributed by atoms with Crippen molar-refractivity contribution >= 4 is 21.8 Å². The first kappa shape index (κ1) is 18.0. The van der Waals surface area contributed by atoms with E-state index >= 15 is 0 Å². The molecule has 3 heteroatoms. The Morgan fingerprint density at radius 3 is 2.55 bits per heavy atom. The summed E-state index contributed by atoms with van der Waals surface area (Å²) in [5.41, 5.74) is 0. The average Bonchev–Trinajstić information content (AvgIpc) is 2.47. The Hall–Kier alpha value is -0.0500. The van der Waals surface area contributed by atoms with E-state index in [1.54, 1.807) is 0 Å². The lowest BCUT2D eigenvalue weighted by Crippen LogP contribution is -2.39. The quantitative estimate of drug-likeness (QED) is 0.396. The van der Waals surface area contributed by atoms with Gasteiger partial charge in [-0.2, -0.15) is 0 Å². The summed E-state index contributed by atoms with van der Waals surface area (Å²) >= 11 is 3.52. The van der Waals surface area contributed by atoms with Crippen LogP contribution < -0.4 is 0 Å². The van der Waals surface area contributed by atoms with Crippen LogP contribution in [-0.4, -0.2) is 29.2 Å². The van der Waals surface area contributed by atoms with Crippen LogP contribution >= 0.6 is 15.9 Å². The van der Waals surface area contributed by atoms with Crippen molar-refractivity contribution in [1.29, 1.82) is 0 Å². The Bertz CT molecular complexity index is 255. The number of carbonyl (C=O) groups is 1. The number of amides is 1. The van der Waals surface area contributed by atoms with Gasteiger partial charge in [0.15, 0.2) is 0 Å². The van der Waals surface area contributed by atoms with E-state index in [9.17, 15) is 4.79 Å². The van der Waals surface area contributed by atoms with Crippen molar-refractivity contribution in [2.24, 2.45) is 5.92 Å². The topological polar surface area (TPSA) is 20.3 Å². The maximum atomic E-state index is 12.2. The second-order valence-electron chi connectivity index (χ2n) is 6.20. The molecule has 1 aliphatic heterocycles. The molecule has 1 unspecified atom stereocenters. The van der Waals surface area contributed by atoms with Gasteiger partial charge >= 0.3 is 0 Å². The van der Waals surface area contributed by atoms with Crippen LogP contribution in [0.3, 0.4) is 0 Å². The first-order valence-electron chi connectivity index (χ1n) is 8.61. The van der Waals surface area contributed by atoms with Crippen LogP contribution in [0, 0.1) is 5.92 Å². The predicted octanol–water partition coefficient (Wildman–Crippen LogP) is 5.15. The third-order valence-corrected chi connectivity index (χ3v) is 4.84. The molecule has 0 aliphatic carbocycles. The highest BCUT2D eigenvalue weighted by Crippen LogP contribution is 2.21. The molecule has 1 amide bonds. The summed E-state index contributed by atoms with van der Waals surface area (Å²) in [7, 11) is 0. The number of carbonyl (C=O) groups excluding carboxylic acids is 1. The van der Waals surface area contributed by atoms with Crippen molar-refractivity contribution in [3.63, 3.8) is 0 Å². The van der Waals surface area contributed by atoms with Crippen LogP contribution in [0.15, 0.2) is 0 Å². The predicted molar refractivity (Wildman–Crippen MR) is 90.3 cm³/mol. The molecule has 0 N–H and O–H groups in total. The molecule has 0 spiro atoms. The van der Waals surface area contributed by atoms with Crippen molar-refractivity contribution in [3.8, 4) is 0 Å². The Morgan fingerprint density at radius 2 is 1.85 bits per heavy atom. The number of alkyl halides is 1. The van der Waals surface area contributed by atoms with Crippen LogP contribution in [-0.2, 0) is 4.79 Å². The summed E-state index contributed by atoms with van der Waals surface area (Å²) in [6.07, 6.45) is 13.5. The summed E-state index contributed by atoms with van der Waals surface area (Å²) in [6, 6.07) is 0. The molecule has 1 saturated heterocycles. The molecule has 118 valence electrons. The molecule has 0 saturated carbocycles. The standard InChI is InChI=1S/C17H32BrNO/c1-2-3-4-5-6-7-8-11-17(20)19-14-9-10-16(15-19)12-13-18/h16H,2-15H2,1H3. The highest BCUT2D eigenvalue weighted by molar-refractivity contribution is 9.09. The molecule has 20 heavy (non-hydrogen) atoms. The Morgan fingerprint density at radius 1 is 1.15 bits per heavy atom. The SMILES string of the molecule is CCCCCCCCCC(=O)N1CCCC(CCBr)C1. The minimum Gasteiger partial charge on any atom is -0.342 e. The molecule has 0 aromatic rings. The van der Waals surface area contributed by atoms with Gasteiger partial charge in [-0.25, -0.2) is 0 Å². The van der Waals surface area contributed by atoms with Gasteiger partial charge in [-0.15, -0.1) is 0 Å². The van der Waals surface area contributed by atoms with E-state index in [-0.39, 0.29) is 0 Å². The van der Waals surface area contributed by atoms with Gasteiger partial charge in [0.1, 0.15) is 0 Å². The van der Waals surface area contributed by atoms with Crippen LogP contribution in [0.1, 0.15) is 77.6 Å². The molecule has 2 nitrogen and oxygen atoms in total. The normalized spacial score (nSPS) is 19.3. The third-order valence-electron chi connectivity index (χ3n) is 4.38. The number of likely N-dealkylation sites (tertiary alicyclic amines) is 1. The molecule has 1 atom stereocenters. The lowest BCUT2D eigenvalue weighted by molar-refractivity contribution is -0.133. The van der Waals surface area contributed by atoms with Gasteiger partial charge in [0, 0.05) is 24.8 Å². The van der Waals surface area contributed by atoms with Gasteiger partial charge in [-0.1, -0.05) is 61.4 Å². The molecular formula is C17H32BrNO. The third kappa shape index (κ3) is 7.66. The lowest BCUT2D eigenvalue weighted by atomic mass is 9.95. The smallest absolute Gasteiger partial charge is 0.222 e. The van der Waals surface area contributed by atoms with Crippen molar-refractivity contribution in [1.82, 2.24) is 4.90 Å². The molecule has 0 radical (unpaired) electrons. The number of hydrogen-bond acceptors (Lipinski definition) is 1. The number of nitrogens with zero attached hydrogens (tertiary/aromatic N) is 1. The first-order chi connectivity index (χ1) is 9.77. The number of rotatable bonds is 10.